The van der Waals surface area contributed by atoms with Crippen LogP contribution in [0.4, 0.5) is 11.4 Å². The van der Waals surface area contributed by atoms with Gasteiger partial charge in [-0.3, -0.25) is 9.10 Å². The minimum atomic E-state index is -3.49. The summed E-state index contributed by atoms with van der Waals surface area (Å²) in [6.07, 6.45) is 3.33. The Bertz CT molecular complexity index is 1190. The van der Waals surface area contributed by atoms with E-state index < -0.39 is 10.0 Å². The van der Waals surface area contributed by atoms with Crippen molar-refractivity contribution in [2.45, 2.75) is 18.8 Å². The summed E-state index contributed by atoms with van der Waals surface area (Å²) in [6.45, 7) is 0. The van der Waals surface area contributed by atoms with E-state index in [0.717, 1.165) is 35.8 Å². The Kier molecular flexibility index (Phi) is 5.35. The van der Waals surface area contributed by atoms with E-state index in [4.69, 9.17) is 0 Å². The molecule has 0 spiro atoms. The average molecular weight is 421 g/mol. The van der Waals surface area contributed by atoms with E-state index in [0.29, 0.717) is 22.9 Å². The van der Waals surface area contributed by atoms with Gasteiger partial charge in [0, 0.05) is 12.6 Å². The molecule has 1 aliphatic rings. The van der Waals surface area contributed by atoms with Crippen molar-refractivity contribution in [3.8, 4) is 11.1 Å². The van der Waals surface area contributed by atoms with Crippen molar-refractivity contribution in [1.82, 2.24) is 0 Å². The van der Waals surface area contributed by atoms with Crippen molar-refractivity contribution < 1.29 is 13.2 Å². The molecule has 0 aromatic heterocycles. The Morgan fingerprint density at radius 2 is 1.60 bits per heavy atom. The summed E-state index contributed by atoms with van der Waals surface area (Å²) in [6, 6.07) is 22.8. The highest BCUT2D eigenvalue weighted by Gasteiger charge is 2.28. The van der Waals surface area contributed by atoms with Crippen LogP contribution in [0.2, 0.25) is 0 Å². The van der Waals surface area contributed by atoms with Gasteiger partial charge in [-0.05, 0) is 53.6 Å². The van der Waals surface area contributed by atoms with Crippen molar-refractivity contribution in [3.63, 3.8) is 0 Å². The van der Waals surface area contributed by atoms with Crippen LogP contribution in [0, 0.1) is 0 Å². The zero-order valence-electron chi connectivity index (χ0n) is 17.0. The molecule has 30 heavy (non-hydrogen) atoms. The van der Waals surface area contributed by atoms with Gasteiger partial charge in [0.15, 0.2) is 0 Å². The molecule has 5 nitrogen and oxygen atoms in total. The van der Waals surface area contributed by atoms with E-state index in [9.17, 15) is 13.2 Å². The highest BCUT2D eigenvalue weighted by atomic mass is 32.2. The van der Waals surface area contributed by atoms with E-state index in [2.05, 4.69) is 5.32 Å². The SMILES string of the molecule is CN(c1ccc(-c2ccccc2)cc1NC(=O)c1ccccc1C1CC1)S(C)(=O)=O. The molecule has 0 unspecified atom stereocenters. The minimum absolute atomic E-state index is 0.231. The van der Waals surface area contributed by atoms with Crippen LogP contribution in [0.5, 0.6) is 0 Å². The lowest BCUT2D eigenvalue weighted by molar-refractivity contribution is 0.102. The monoisotopic (exact) mass is 420 g/mol. The van der Waals surface area contributed by atoms with Gasteiger partial charge < -0.3 is 5.32 Å². The van der Waals surface area contributed by atoms with E-state index in [1.54, 1.807) is 6.07 Å². The summed E-state index contributed by atoms with van der Waals surface area (Å²) in [5.41, 5.74) is 4.45. The number of nitrogens with zero attached hydrogens (tertiary/aromatic N) is 1. The maximum absolute atomic E-state index is 13.2. The van der Waals surface area contributed by atoms with Crippen LogP contribution in [0.3, 0.4) is 0 Å². The summed E-state index contributed by atoms with van der Waals surface area (Å²) < 4.78 is 25.5. The number of anilines is 2. The van der Waals surface area contributed by atoms with Crippen LogP contribution < -0.4 is 9.62 Å². The van der Waals surface area contributed by atoms with Crippen molar-refractivity contribution in [3.05, 3.63) is 83.9 Å². The quantitative estimate of drug-likeness (QED) is 0.618. The van der Waals surface area contributed by atoms with Gasteiger partial charge in [0.1, 0.15) is 0 Å². The van der Waals surface area contributed by atoms with Crippen molar-refractivity contribution in [2.75, 3.05) is 22.9 Å². The lowest BCUT2D eigenvalue weighted by Gasteiger charge is -2.22. The number of nitrogens with one attached hydrogen (secondary N) is 1. The molecule has 0 atom stereocenters. The number of carbonyl (C=O) groups is 1. The summed E-state index contributed by atoms with van der Waals surface area (Å²) in [4.78, 5) is 13.2. The maximum Gasteiger partial charge on any atom is 0.256 e. The zero-order valence-corrected chi connectivity index (χ0v) is 17.8. The molecule has 0 saturated heterocycles. The van der Waals surface area contributed by atoms with Gasteiger partial charge in [0.25, 0.3) is 5.91 Å². The second kappa shape index (κ2) is 7.95. The van der Waals surface area contributed by atoms with E-state index >= 15 is 0 Å². The first-order valence-corrected chi connectivity index (χ1v) is 11.7. The summed E-state index contributed by atoms with van der Waals surface area (Å²) in [7, 11) is -2.00. The molecule has 1 fully saturated rings. The zero-order chi connectivity index (χ0) is 21.3. The predicted octanol–water partition coefficient (Wildman–Crippen LogP) is 4.88. The van der Waals surface area contributed by atoms with Crippen LogP contribution in [-0.4, -0.2) is 27.6 Å². The first kappa shape index (κ1) is 20.2. The first-order chi connectivity index (χ1) is 14.3. The smallest absolute Gasteiger partial charge is 0.256 e. The molecule has 0 radical (unpaired) electrons. The number of rotatable bonds is 6. The maximum atomic E-state index is 13.2. The van der Waals surface area contributed by atoms with Gasteiger partial charge in [0.05, 0.1) is 17.6 Å². The number of carbonyl (C=O) groups excluding carboxylic acids is 1. The van der Waals surface area contributed by atoms with E-state index in [1.165, 1.54) is 11.4 Å². The van der Waals surface area contributed by atoms with Crippen LogP contribution in [0.25, 0.3) is 11.1 Å². The molecule has 1 saturated carbocycles. The molecule has 4 rings (SSSR count). The number of amides is 1. The van der Waals surface area contributed by atoms with Crippen LogP contribution in [0.15, 0.2) is 72.8 Å². The molecule has 0 bridgehead atoms. The molecule has 1 aliphatic carbocycles. The Balaban J connectivity index is 1.75. The Morgan fingerprint density at radius 1 is 0.933 bits per heavy atom. The molecular weight excluding hydrogens is 396 g/mol. The van der Waals surface area contributed by atoms with Crippen LogP contribution >= 0.6 is 0 Å². The Labute approximate surface area is 177 Å². The highest BCUT2D eigenvalue weighted by Crippen LogP contribution is 2.42. The molecule has 1 amide bonds. The van der Waals surface area contributed by atoms with Gasteiger partial charge in [-0.2, -0.15) is 0 Å². The van der Waals surface area contributed by atoms with E-state index in [1.807, 2.05) is 66.7 Å². The van der Waals surface area contributed by atoms with Gasteiger partial charge in [-0.1, -0.05) is 54.6 Å². The Morgan fingerprint density at radius 3 is 2.27 bits per heavy atom. The lowest BCUT2D eigenvalue weighted by Crippen LogP contribution is -2.26. The van der Waals surface area contributed by atoms with Crippen molar-refractivity contribution >= 4 is 27.3 Å². The van der Waals surface area contributed by atoms with Crippen molar-refractivity contribution in [1.29, 1.82) is 0 Å². The van der Waals surface area contributed by atoms with Crippen LogP contribution in [0.1, 0.15) is 34.7 Å². The first-order valence-electron chi connectivity index (χ1n) is 9.88. The third-order valence-corrected chi connectivity index (χ3v) is 6.60. The molecule has 0 heterocycles. The lowest BCUT2D eigenvalue weighted by atomic mass is 10.0. The van der Waals surface area contributed by atoms with E-state index in [-0.39, 0.29) is 5.91 Å². The highest BCUT2D eigenvalue weighted by molar-refractivity contribution is 7.92. The number of sulfonamides is 1. The standard InChI is InChI=1S/C24H24N2O3S/c1-26(30(2,28)29)23-15-14-19(17-8-4-3-5-9-17)16-22(23)25-24(27)21-11-7-6-10-20(21)18-12-13-18/h3-11,14-16,18H,12-13H2,1-2H3,(H,25,27). The second-order valence-electron chi connectivity index (χ2n) is 7.64. The number of hydrogen-bond donors (Lipinski definition) is 1. The fraction of sp³-hybridized carbons (Fsp3) is 0.208. The summed E-state index contributed by atoms with van der Waals surface area (Å²) in [5, 5.41) is 2.97. The van der Waals surface area contributed by atoms with Crippen LogP contribution in [-0.2, 0) is 10.0 Å². The molecular formula is C24H24N2O3S. The third kappa shape index (κ3) is 4.24. The van der Waals surface area contributed by atoms with Gasteiger partial charge in [-0.15, -0.1) is 0 Å². The Hall–Kier alpha value is -3.12. The summed E-state index contributed by atoms with van der Waals surface area (Å²) >= 11 is 0. The molecule has 6 heteroatoms. The summed E-state index contributed by atoms with van der Waals surface area (Å²) in [5.74, 6) is 0.201. The predicted molar refractivity (Wildman–Crippen MR) is 121 cm³/mol. The molecule has 154 valence electrons. The van der Waals surface area contributed by atoms with Gasteiger partial charge in [-0.25, -0.2) is 8.42 Å². The average Bonchev–Trinajstić information content (AvgIpc) is 3.58. The fourth-order valence-corrected chi connectivity index (χ4v) is 4.06. The van der Waals surface area contributed by atoms with Gasteiger partial charge in [0.2, 0.25) is 10.0 Å². The largest absolute Gasteiger partial charge is 0.320 e. The number of hydrogen-bond acceptors (Lipinski definition) is 3. The fourth-order valence-electron chi connectivity index (χ4n) is 3.54. The second-order valence-corrected chi connectivity index (χ2v) is 9.66. The topological polar surface area (TPSA) is 66.5 Å². The molecule has 1 N–H and O–H groups in total. The normalized spacial score (nSPS) is 13.7. The molecule has 3 aromatic carbocycles. The molecule has 3 aromatic rings. The van der Waals surface area contributed by atoms with Gasteiger partial charge >= 0.3 is 0 Å². The molecule has 0 aliphatic heterocycles. The van der Waals surface area contributed by atoms with Crippen molar-refractivity contribution in [2.24, 2.45) is 0 Å². The third-order valence-electron chi connectivity index (χ3n) is 5.41. The minimum Gasteiger partial charge on any atom is -0.320 e. The number of benzene rings is 3.